The molecule has 0 spiro atoms. The van der Waals surface area contributed by atoms with Gasteiger partial charge in [0.25, 0.3) is 5.79 Å². The van der Waals surface area contributed by atoms with E-state index < -0.39 is 132 Å². The van der Waals surface area contributed by atoms with Crippen LogP contribution in [0, 0.1) is 12.7 Å². The van der Waals surface area contributed by atoms with Gasteiger partial charge in [0, 0.05) is 14.0 Å². The van der Waals surface area contributed by atoms with Crippen molar-refractivity contribution in [2.24, 2.45) is 0 Å². The molecule has 2 aromatic carbocycles. The Hall–Kier alpha value is -3.91. The fourth-order valence-corrected chi connectivity index (χ4v) is 6.74. The number of likely N-dealkylation sites (tertiary alicyclic amines) is 1. The van der Waals surface area contributed by atoms with Crippen LogP contribution in [0.3, 0.4) is 0 Å². The molecule has 0 saturated carbocycles. The summed E-state index contributed by atoms with van der Waals surface area (Å²) in [5.41, 5.74) is -6.34. The zero-order valence-electron chi connectivity index (χ0n) is 29.2. The number of hydrogen-bond acceptors (Lipinski definition) is 17. The minimum absolute atomic E-state index is 0.0739. The quantitative estimate of drug-likeness (QED) is 0.105. The lowest BCUT2D eigenvalue weighted by Gasteiger charge is -2.67. The Kier molecular flexibility index (Phi) is 10.7. The molecule has 57 heavy (non-hydrogen) atoms. The van der Waals surface area contributed by atoms with E-state index in [4.69, 9.17) is 0 Å². The van der Waals surface area contributed by atoms with E-state index in [0.29, 0.717) is 25.2 Å². The van der Waals surface area contributed by atoms with Crippen LogP contribution in [0.1, 0.15) is 53.7 Å². The molecule has 2 aliphatic heterocycles. The van der Waals surface area contributed by atoms with Gasteiger partial charge in [-0.15, -0.1) is 0 Å². The molecule has 2 aliphatic rings. The van der Waals surface area contributed by atoms with E-state index in [2.05, 4.69) is 0 Å². The molecule has 2 heterocycles. The molecule has 0 aliphatic carbocycles. The Labute approximate surface area is 313 Å². The summed E-state index contributed by atoms with van der Waals surface area (Å²) in [4.78, 5) is 22.9. The van der Waals surface area contributed by atoms with Gasteiger partial charge in [0.2, 0.25) is 11.7 Å². The maximum absolute atomic E-state index is 14.3. The molecular weight excluding hydrogens is 805 g/mol. The van der Waals surface area contributed by atoms with Gasteiger partial charge in [0.05, 0.1) is 17.2 Å². The minimum Gasteiger partial charge on any atom is -0.362 e. The standard InChI is InChI=1S/C30H35F7N4O16/c1-11-7-17(31)5-6-18(11)19-22(44,45)20(41-29(54,55)27(50,51)40(13(3)42)28(52,53)30(41,56)57)23(46,47)26(48,49)39(19)21(43)38(4)12(2)14-8-15(24(32,33)34)10-16(9-14)25(35,36)37/h5-10,12,19-20,44-57H,1-4H3. The van der Waals surface area contributed by atoms with Gasteiger partial charge >= 0.3 is 47.9 Å². The van der Waals surface area contributed by atoms with Crippen molar-refractivity contribution in [2.45, 2.75) is 92.4 Å². The molecule has 3 amide bonds. The average molecular weight is 841 g/mol. The molecule has 14 N–H and O–H groups in total. The fourth-order valence-electron chi connectivity index (χ4n) is 6.74. The minimum atomic E-state index is -5.43. The second kappa shape index (κ2) is 13.3. The number of piperazine rings is 1. The Morgan fingerprint density at radius 3 is 1.54 bits per heavy atom. The topological polar surface area (TPSA) is 330 Å². The molecule has 3 unspecified atom stereocenters. The van der Waals surface area contributed by atoms with Crippen molar-refractivity contribution in [1.82, 2.24) is 19.6 Å². The van der Waals surface area contributed by atoms with Gasteiger partial charge in [0.1, 0.15) is 17.9 Å². The first kappa shape index (κ1) is 45.8. The van der Waals surface area contributed by atoms with Gasteiger partial charge in [0.15, 0.2) is 0 Å². The average Bonchev–Trinajstić information content (AvgIpc) is 3.02. The highest BCUT2D eigenvalue weighted by molar-refractivity contribution is 5.77. The Morgan fingerprint density at radius 2 is 1.16 bits per heavy atom. The summed E-state index contributed by atoms with van der Waals surface area (Å²) < 4.78 is 96.3. The number of rotatable bonds is 4. The van der Waals surface area contributed by atoms with Crippen molar-refractivity contribution >= 4 is 11.9 Å². The number of aliphatic hydroxyl groups is 14. The largest absolute Gasteiger partial charge is 0.416 e. The highest BCUT2D eigenvalue weighted by Crippen LogP contribution is 2.56. The first-order chi connectivity index (χ1) is 25.3. The van der Waals surface area contributed by atoms with Crippen molar-refractivity contribution in [1.29, 1.82) is 0 Å². The number of halogens is 7. The summed E-state index contributed by atoms with van der Waals surface area (Å²) in [5, 5.41) is 155. The molecule has 2 fully saturated rings. The summed E-state index contributed by atoms with van der Waals surface area (Å²) in [6, 6.07) is -10.4. The zero-order valence-corrected chi connectivity index (χ0v) is 29.2. The lowest BCUT2D eigenvalue weighted by molar-refractivity contribution is -0.623. The predicted molar refractivity (Wildman–Crippen MR) is 162 cm³/mol. The van der Waals surface area contributed by atoms with Gasteiger partial charge in [-0.05, 0) is 60.9 Å². The second-order valence-electron chi connectivity index (χ2n) is 13.5. The van der Waals surface area contributed by atoms with Gasteiger partial charge in [-0.1, -0.05) is 6.07 Å². The molecule has 27 heteroatoms. The van der Waals surface area contributed by atoms with E-state index >= 15 is 0 Å². The fraction of sp³-hybridized carbons (Fsp3) is 0.533. The molecule has 4 rings (SSSR count). The Balaban J connectivity index is 2.05. The van der Waals surface area contributed by atoms with Crippen LogP contribution in [0.5, 0.6) is 0 Å². The van der Waals surface area contributed by atoms with Gasteiger partial charge < -0.3 is 76.4 Å². The van der Waals surface area contributed by atoms with Crippen LogP contribution in [0.25, 0.3) is 0 Å². The van der Waals surface area contributed by atoms with Crippen molar-refractivity contribution in [3.05, 3.63) is 70.0 Å². The third-order valence-corrected chi connectivity index (χ3v) is 9.75. The molecule has 0 aromatic heterocycles. The maximum Gasteiger partial charge on any atom is 0.416 e. The van der Waals surface area contributed by atoms with E-state index in [1.807, 2.05) is 0 Å². The number of benzene rings is 2. The van der Waals surface area contributed by atoms with Crippen LogP contribution in [0.15, 0.2) is 36.4 Å². The number of nitrogens with zero attached hydrogens (tertiary/aromatic N) is 4. The number of alkyl halides is 6. The summed E-state index contributed by atoms with van der Waals surface area (Å²) in [6.45, 7) is 1.87. The van der Waals surface area contributed by atoms with Gasteiger partial charge in [-0.2, -0.15) is 31.2 Å². The van der Waals surface area contributed by atoms with E-state index in [-0.39, 0.29) is 30.0 Å². The summed E-state index contributed by atoms with van der Waals surface area (Å²) in [7, 11) is 0.543. The molecule has 2 saturated heterocycles. The molecule has 2 aromatic rings. The third kappa shape index (κ3) is 6.66. The Bertz CT molecular complexity index is 1880. The van der Waals surface area contributed by atoms with Crippen molar-refractivity contribution in [3.8, 4) is 0 Å². The summed E-state index contributed by atoms with van der Waals surface area (Å²) in [6.07, 6.45) is -10.9. The lowest BCUT2D eigenvalue weighted by Crippen LogP contribution is -2.96. The van der Waals surface area contributed by atoms with Gasteiger partial charge in [-0.3, -0.25) is 9.69 Å². The molecule has 3 atom stereocenters. The predicted octanol–water partition coefficient (Wildman–Crippen LogP) is -3.57. The molecule has 20 nitrogen and oxygen atoms in total. The highest BCUT2D eigenvalue weighted by Gasteiger charge is 2.86. The van der Waals surface area contributed by atoms with Crippen LogP contribution in [0.4, 0.5) is 35.5 Å². The second-order valence-corrected chi connectivity index (χ2v) is 13.5. The Morgan fingerprint density at radius 1 is 0.719 bits per heavy atom. The lowest BCUT2D eigenvalue weighted by atomic mass is 9.76. The van der Waals surface area contributed by atoms with Crippen molar-refractivity contribution < 1.29 is 112 Å². The molecule has 320 valence electrons. The number of hydrogen-bond donors (Lipinski definition) is 14. The maximum atomic E-state index is 14.3. The van der Waals surface area contributed by atoms with Crippen molar-refractivity contribution in [3.63, 3.8) is 0 Å². The number of aryl methyl sites for hydroxylation is 1. The first-order valence-electron chi connectivity index (χ1n) is 15.6. The normalized spacial score (nSPS) is 25.5. The van der Waals surface area contributed by atoms with Crippen LogP contribution in [-0.4, -0.2) is 157 Å². The van der Waals surface area contributed by atoms with E-state index in [9.17, 15) is 112 Å². The van der Waals surface area contributed by atoms with Crippen LogP contribution >= 0.6 is 0 Å². The molecule has 0 bridgehead atoms. The molecule has 0 radical (unpaired) electrons. The summed E-state index contributed by atoms with van der Waals surface area (Å²) in [5.74, 6) is -39.0. The van der Waals surface area contributed by atoms with Crippen LogP contribution in [-0.2, 0) is 17.1 Å². The van der Waals surface area contributed by atoms with Crippen LogP contribution < -0.4 is 0 Å². The monoisotopic (exact) mass is 840 g/mol. The van der Waals surface area contributed by atoms with Crippen molar-refractivity contribution in [2.75, 3.05) is 7.05 Å². The van der Waals surface area contributed by atoms with E-state index in [1.54, 1.807) is 0 Å². The smallest absolute Gasteiger partial charge is 0.362 e. The number of amides is 3. The number of carbonyl (C=O) groups excluding carboxylic acids is 2. The van der Waals surface area contributed by atoms with Gasteiger partial charge in [-0.25, -0.2) is 14.1 Å². The summed E-state index contributed by atoms with van der Waals surface area (Å²) >= 11 is 0. The molecular formula is C30H35F7N4O16. The number of piperidine rings is 1. The zero-order chi connectivity index (χ0) is 44.4. The highest BCUT2D eigenvalue weighted by atomic mass is 19.4. The third-order valence-electron chi connectivity index (χ3n) is 9.75. The number of urea groups is 1. The SMILES string of the molecule is CC(=O)N1C(O)(O)C(O)(O)N(C2C(O)(O)C(c3ccc(F)cc3C)N(C(=O)N(C)C(C)c3cc(C(F)(F)F)cc(C(F)(F)F)c3)C(O)(O)C2(O)O)C(O)(O)C1(O)O. The van der Waals surface area contributed by atoms with E-state index in [1.165, 1.54) is 0 Å². The van der Waals surface area contributed by atoms with Crippen LogP contribution in [0.2, 0.25) is 0 Å². The first-order valence-corrected chi connectivity index (χ1v) is 15.6. The number of carbonyl (C=O) groups is 2. The van der Waals surface area contributed by atoms with E-state index in [0.717, 1.165) is 13.8 Å².